The van der Waals surface area contributed by atoms with Gasteiger partial charge in [0.05, 0.1) is 0 Å². The summed E-state index contributed by atoms with van der Waals surface area (Å²) in [6.07, 6.45) is 3.16. The molecule has 0 spiro atoms. The number of thioether (sulfide) groups is 1. The van der Waals surface area contributed by atoms with Crippen LogP contribution in [-0.4, -0.2) is 32.9 Å². The van der Waals surface area contributed by atoms with Gasteiger partial charge in [0, 0.05) is 24.5 Å². The topological polar surface area (TPSA) is 42.2 Å². The fraction of sp³-hybridized carbons (Fsp3) is 0.500. The van der Waals surface area contributed by atoms with Crippen LogP contribution in [0.1, 0.15) is 20.3 Å². The van der Waals surface area contributed by atoms with Crippen molar-refractivity contribution in [1.82, 2.24) is 19.9 Å². The summed E-state index contributed by atoms with van der Waals surface area (Å²) >= 11 is 1.74. The second kappa shape index (κ2) is 6.02. The molecule has 0 aliphatic carbocycles. The van der Waals surface area contributed by atoms with Gasteiger partial charge < -0.3 is 5.32 Å². The van der Waals surface area contributed by atoms with E-state index in [0.29, 0.717) is 6.04 Å². The Morgan fingerprint density at radius 1 is 1.41 bits per heavy atom. The normalized spacial score (nSPS) is 13.1. The van der Waals surface area contributed by atoms with Gasteiger partial charge in [-0.2, -0.15) is 0 Å². The van der Waals surface area contributed by atoms with Crippen molar-refractivity contribution < 1.29 is 0 Å². The van der Waals surface area contributed by atoms with E-state index >= 15 is 0 Å². The Labute approximate surface area is 106 Å². The average molecular weight is 250 g/mol. The fourth-order valence-corrected chi connectivity index (χ4v) is 2.30. The molecule has 0 aliphatic rings. The molecule has 0 bridgehead atoms. The third kappa shape index (κ3) is 3.20. The third-order valence-corrected chi connectivity index (χ3v) is 3.67. The molecule has 2 aromatic heterocycles. The van der Waals surface area contributed by atoms with Gasteiger partial charge in [0.25, 0.3) is 0 Å². The molecule has 1 N–H and O–H groups in total. The van der Waals surface area contributed by atoms with Gasteiger partial charge in [-0.1, -0.05) is 24.8 Å². The zero-order chi connectivity index (χ0) is 12.1. The monoisotopic (exact) mass is 250 g/mol. The maximum absolute atomic E-state index is 4.18. The molecular formula is C12H18N4S. The van der Waals surface area contributed by atoms with Crippen LogP contribution in [0.4, 0.5) is 0 Å². The molecule has 1 atom stereocenters. The molecular weight excluding hydrogens is 232 g/mol. The van der Waals surface area contributed by atoms with E-state index in [0.717, 1.165) is 23.1 Å². The average Bonchev–Trinajstić information content (AvgIpc) is 2.78. The minimum absolute atomic E-state index is 0.589. The molecule has 17 heavy (non-hydrogen) atoms. The van der Waals surface area contributed by atoms with Crippen LogP contribution in [0.15, 0.2) is 29.6 Å². The first-order valence-electron chi connectivity index (χ1n) is 5.97. The van der Waals surface area contributed by atoms with Gasteiger partial charge in [-0.05, 0) is 25.5 Å². The number of nitrogens with one attached hydrogen (secondary N) is 1. The molecule has 0 aliphatic heterocycles. The molecule has 2 heterocycles. The largest absolute Gasteiger partial charge is 0.313 e. The first kappa shape index (κ1) is 12.4. The van der Waals surface area contributed by atoms with Crippen molar-refractivity contribution in [3.63, 3.8) is 0 Å². The Hall–Kier alpha value is -1.07. The SMILES string of the molecule is CCC(C)NCCSc1nnc2ccccn12. The first-order chi connectivity index (χ1) is 8.31. The van der Waals surface area contributed by atoms with Crippen molar-refractivity contribution in [1.29, 1.82) is 0 Å². The summed E-state index contributed by atoms with van der Waals surface area (Å²) in [6, 6.07) is 6.53. The standard InChI is InChI=1S/C12H18N4S/c1-3-10(2)13-7-9-17-12-15-14-11-6-4-5-8-16(11)12/h4-6,8,10,13H,3,7,9H2,1-2H3. The maximum atomic E-state index is 4.18. The van der Waals surface area contributed by atoms with Crippen LogP contribution in [0.25, 0.3) is 5.65 Å². The van der Waals surface area contributed by atoms with E-state index < -0.39 is 0 Å². The van der Waals surface area contributed by atoms with Crippen LogP contribution in [0.2, 0.25) is 0 Å². The van der Waals surface area contributed by atoms with Crippen LogP contribution in [-0.2, 0) is 0 Å². The van der Waals surface area contributed by atoms with E-state index in [2.05, 4.69) is 29.4 Å². The van der Waals surface area contributed by atoms with Crippen molar-refractivity contribution in [3.05, 3.63) is 24.4 Å². The summed E-state index contributed by atoms with van der Waals surface area (Å²) in [5, 5.41) is 12.7. The van der Waals surface area contributed by atoms with Crippen molar-refractivity contribution in [2.45, 2.75) is 31.5 Å². The molecule has 4 nitrogen and oxygen atoms in total. The predicted molar refractivity (Wildman–Crippen MR) is 71.5 cm³/mol. The quantitative estimate of drug-likeness (QED) is 0.630. The van der Waals surface area contributed by atoms with Crippen molar-refractivity contribution >= 4 is 17.4 Å². The summed E-state index contributed by atoms with van der Waals surface area (Å²) in [7, 11) is 0. The maximum Gasteiger partial charge on any atom is 0.195 e. The van der Waals surface area contributed by atoms with E-state index in [4.69, 9.17) is 0 Å². The molecule has 5 heteroatoms. The zero-order valence-electron chi connectivity index (χ0n) is 10.3. The number of aromatic nitrogens is 3. The summed E-state index contributed by atoms with van der Waals surface area (Å²) in [6.45, 7) is 5.40. The molecule has 2 aromatic rings. The van der Waals surface area contributed by atoms with E-state index in [-0.39, 0.29) is 0 Å². The highest BCUT2D eigenvalue weighted by molar-refractivity contribution is 7.99. The summed E-state index contributed by atoms with van der Waals surface area (Å²) in [5.74, 6) is 1.01. The zero-order valence-corrected chi connectivity index (χ0v) is 11.1. The van der Waals surface area contributed by atoms with E-state index in [1.165, 1.54) is 6.42 Å². The van der Waals surface area contributed by atoms with E-state index in [9.17, 15) is 0 Å². The Morgan fingerprint density at radius 2 is 2.29 bits per heavy atom. The Balaban J connectivity index is 1.87. The molecule has 0 amide bonds. The van der Waals surface area contributed by atoms with Gasteiger partial charge in [-0.25, -0.2) is 0 Å². The highest BCUT2D eigenvalue weighted by atomic mass is 32.2. The van der Waals surface area contributed by atoms with Gasteiger partial charge in [0.15, 0.2) is 10.8 Å². The summed E-state index contributed by atoms with van der Waals surface area (Å²) < 4.78 is 2.02. The van der Waals surface area contributed by atoms with Crippen molar-refractivity contribution in [3.8, 4) is 0 Å². The van der Waals surface area contributed by atoms with Crippen molar-refractivity contribution in [2.75, 3.05) is 12.3 Å². The number of hydrogen-bond donors (Lipinski definition) is 1. The predicted octanol–water partition coefficient (Wildman–Crippen LogP) is 2.21. The first-order valence-corrected chi connectivity index (χ1v) is 6.95. The van der Waals surface area contributed by atoms with E-state index in [1.54, 1.807) is 11.8 Å². The molecule has 0 saturated heterocycles. The van der Waals surface area contributed by atoms with Crippen LogP contribution >= 0.6 is 11.8 Å². The van der Waals surface area contributed by atoms with Crippen LogP contribution < -0.4 is 5.32 Å². The lowest BCUT2D eigenvalue weighted by atomic mass is 10.3. The van der Waals surface area contributed by atoms with Gasteiger partial charge >= 0.3 is 0 Å². The van der Waals surface area contributed by atoms with Gasteiger partial charge in [-0.15, -0.1) is 10.2 Å². The number of rotatable bonds is 6. The van der Waals surface area contributed by atoms with Crippen molar-refractivity contribution in [2.24, 2.45) is 0 Å². The molecule has 2 rings (SSSR count). The molecule has 0 fully saturated rings. The third-order valence-electron chi connectivity index (χ3n) is 2.72. The number of nitrogens with zero attached hydrogens (tertiary/aromatic N) is 3. The van der Waals surface area contributed by atoms with Crippen LogP contribution in [0.5, 0.6) is 0 Å². The lowest BCUT2D eigenvalue weighted by molar-refractivity contribution is 0.555. The Morgan fingerprint density at radius 3 is 3.12 bits per heavy atom. The number of pyridine rings is 1. The van der Waals surface area contributed by atoms with Crippen LogP contribution in [0, 0.1) is 0 Å². The molecule has 92 valence electrons. The highest BCUT2D eigenvalue weighted by Gasteiger charge is 2.04. The molecule has 0 radical (unpaired) electrons. The summed E-state index contributed by atoms with van der Waals surface area (Å²) in [5.41, 5.74) is 0.907. The lowest BCUT2D eigenvalue weighted by Crippen LogP contribution is -2.27. The second-order valence-corrected chi connectivity index (χ2v) is 5.09. The fourth-order valence-electron chi connectivity index (χ4n) is 1.51. The van der Waals surface area contributed by atoms with Gasteiger partial charge in [0.1, 0.15) is 0 Å². The second-order valence-electron chi connectivity index (χ2n) is 4.02. The van der Waals surface area contributed by atoms with Crippen LogP contribution in [0.3, 0.4) is 0 Å². The Bertz CT molecular complexity index is 468. The summed E-state index contributed by atoms with van der Waals surface area (Å²) in [4.78, 5) is 0. The Kier molecular flexibility index (Phi) is 4.39. The minimum atomic E-state index is 0.589. The minimum Gasteiger partial charge on any atom is -0.313 e. The molecule has 0 saturated carbocycles. The number of fused-ring (bicyclic) bond motifs is 1. The smallest absolute Gasteiger partial charge is 0.195 e. The van der Waals surface area contributed by atoms with E-state index in [1.807, 2.05) is 28.8 Å². The molecule has 0 aromatic carbocycles. The van der Waals surface area contributed by atoms with Gasteiger partial charge in [0.2, 0.25) is 0 Å². The van der Waals surface area contributed by atoms with Gasteiger partial charge in [-0.3, -0.25) is 4.40 Å². The molecule has 1 unspecified atom stereocenters. The highest BCUT2D eigenvalue weighted by Crippen LogP contribution is 2.15. The number of hydrogen-bond acceptors (Lipinski definition) is 4. The lowest BCUT2D eigenvalue weighted by Gasteiger charge is -2.09.